The highest BCUT2D eigenvalue weighted by atomic mass is 16.3. The van der Waals surface area contributed by atoms with Crippen molar-refractivity contribution in [1.29, 1.82) is 0 Å². The van der Waals surface area contributed by atoms with Gasteiger partial charge in [0.05, 0.1) is 5.41 Å². The summed E-state index contributed by atoms with van der Waals surface area (Å²) < 4.78 is 14.0. The Kier molecular flexibility index (Phi) is 8.16. The zero-order valence-electron chi connectivity index (χ0n) is 40.3. The van der Waals surface area contributed by atoms with Gasteiger partial charge in [-0.05, 0) is 144 Å². The highest BCUT2D eigenvalue weighted by Gasteiger charge is 2.51. The van der Waals surface area contributed by atoms with Crippen LogP contribution in [0.1, 0.15) is 47.2 Å². The minimum Gasteiger partial charge on any atom is -0.456 e. The Morgan fingerprint density at radius 3 is 1.53 bits per heavy atom. The summed E-state index contributed by atoms with van der Waals surface area (Å²) in [5.74, 6) is 0. The molecule has 342 valence electrons. The molecule has 0 bridgehead atoms. The predicted octanol–water partition coefficient (Wildman–Crippen LogP) is 18.9. The maximum atomic E-state index is 7.17. The van der Waals surface area contributed by atoms with Crippen molar-refractivity contribution in [3.05, 3.63) is 270 Å². The van der Waals surface area contributed by atoms with Crippen LogP contribution >= 0.6 is 0 Å². The van der Waals surface area contributed by atoms with Crippen LogP contribution in [0.15, 0.2) is 245 Å². The van der Waals surface area contributed by atoms with Gasteiger partial charge in [0.15, 0.2) is 0 Å². The zero-order chi connectivity index (χ0) is 48.2. The molecule has 13 aromatic rings. The highest BCUT2D eigenvalue weighted by Crippen LogP contribution is 2.63. The van der Waals surface area contributed by atoms with Crippen LogP contribution in [-0.2, 0) is 10.8 Å². The molecule has 11 aromatic carbocycles. The van der Waals surface area contributed by atoms with Crippen molar-refractivity contribution in [3.8, 4) is 55.6 Å². The number of para-hydroxylation sites is 1. The number of anilines is 3. The molecule has 3 nitrogen and oxygen atoms in total. The Morgan fingerprint density at radius 2 is 0.822 bits per heavy atom. The summed E-state index contributed by atoms with van der Waals surface area (Å²) in [6.45, 7) is 4.69. The molecule has 1 spiro atoms. The van der Waals surface area contributed by atoms with Crippen LogP contribution in [0, 0.1) is 0 Å². The minimum absolute atomic E-state index is 0.163. The smallest absolute Gasteiger partial charge is 0.144 e. The topological polar surface area (TPSA) is 29.5 Å². The van der Waals surface area contributed by atoms with Crippen LogP contribution in [0.3, 0.4) is 0 Å². The lowest BCUT2D eigenvalue weighted by molar-refractivity contribution is 0.660. The Morgan fingerprint density at radius 1 is 0.315 bits per heavy atom. The van der Waals surface area contributed by atoms with Gasteiger partial charge in [0.1, 0.15) is 22.3 Å². The lowest BCUT2D eigenvalue weighted by Gasteiger charge is -2.32. The molecule has 3 heteroatoms. The largest absolute Gasteiger partial charge is 0.456 e. The molecule has 3 aliphatic carbocycles. The van der Waals surface area contributed by atoms with Crippen LogP contribution in [0.4, 0.5) is 17.1 Å². The Hall–Kier alpha value is -9.18. The third kappa shape index (κ3) is 5.43. The second-order valence-electron chi connectivity index (χ2n) is 20.7. The lowest BCUT2D eigenvalue weighted by Crippen LogP contribution is -2.26. The first-order valence-corrected chi connectivity index (χ1v) is 25.4. The van der Waals surface area contributed by atoms with Gasteiger partial charge < -0.3 is 13.7 Å². The molecule has 2 heterocycles. The van der Waals surface area contributed by atoms with E-state index in [4.69, 9.17) is 8.83 Å². The third-order valence-electron chi connectivity index (χ3n) is 16.7. The molecular weight excluding hydrogens is 887 g/mol. The van der Waals surface area contributed by atoms with Gasteiger partial charge in [0, 0.05) is 49.6 Å². The zero-order valence-corrected chi connectivity index (χ0v) is 40.3. The molecule has 0 atom stereocenters. The van der Waals surface area contributed by atoms with Crippen molar-refractivity contribution < 1.29 is 8.83 Å². The summed E-state index contributed by atoms with van der Waals surface area (Å²) >= 11 is 0. The molecule has 0 saturated heterocycles. The van der Waals surface area contributed by atoms with E-state index >= 15 is 0 Å². The first-order chi connectivity index (χ1) is 35.9. The molecule has 2 aromatic heterocycles. The molecule has 3 aliphatic rings. The Labute approximate surface area is 422 Å². The second kappa shape index (κ2) is 14.7. The predicted molar refractivity (Wildman–Crippen MR) is 300 cm³/mol. The molecule has 73 heavy (non-hydrogen) atoms. The van der Waals surface area contributed by atoms with Gasteiger partial charge in [-0.1, -0.05) is 190 Å². The summed E-state index contributed by atoms with van der Waals surface area (Å²) in [6, 6.07) is 87.1. The first kappa shape index (κ1) is 40.5. The molecule has 0 unspecified atom stereocenters. The van der Waals surface area contributed by atoms with Crippen molar-refractivity contribution in [1.82, 2.24) is 0 Å². The monoisotopic (exact) mass is 931 g/mol. The number of fused-ring (bicyclic) bond motifs is 19. The van der Waals surface area contributed by atoms with Crippen molar-refractivity contribution in [2.45, 2.75) is 24.7 Å². The van der Waals surface area contributed by atoms with E-state index in [0.717, 1.165) is 72.1 Å². The summed E-state index contributed by atoms with van der Waals surface area (Å²) in [7, 11) is 0. The van der Waals surface area contributed by atoms with Gasteiger partial charge >= 0.3 is 0 Å². The molecule has 16 rings (SSSR count). The van der Waals surface area contributed by atoms with Gasteiger partial charge in [0.25, 0.3) is 0 Å². The summed E-state index contributed by atoms with van der Waals surface area (Å²) in [5, 5.41) is 4.19. The summed E-state index contributed by atoms with van der Waals surface area (Å²) in [6.07, 6.45) is 0. The number of benzene rings is 11. The van der Waals surface area contributed by atoms with Gasteiger partial charge in [-0.15, -0.1) is 0 Å². The maximum Gasteiger partial charge on any atom is 0.144 e. The third-order valence-corrected chi connectivity index (χ3v) is 16.7. The van der Waals surface area contributed by atoms with E-state index in [2.05, 4.69) is 255 Å². The molecule has 0 fully saturated rings. The minimum atomic E-state index is -0.480. The molecule has 0 amide bonds. The summed E-state index contributed by atoms with van der Waals surface area (Å²) in [5.41, 5.74) is 26.1. The average Bonchev–Trinajstić information content (AvgIpc) is 4.22. The van der Waals surface area contributed by atoms with Gasteiger partial charge in [0.2, 0.25) is 0 Å². The fourth-order valence-corrected chi connectivity index (χ4v) is 13.5. The van der Waals surface area contributed by atoms with E-state index in [1.807, 2.05) is 0 Å². The normalized spacial score (nSPS) is 14.1. The molecule has 0 saturated carbocycles. The number of rotatable bonds is 5. The van der Waals surface area contributed by atoms with E-state index in [-0.39, 0.29) is 5.41 Å². The second-order valence-corrected chi connectivity index (χ2v) is 20.7. The summed E-state index contributed by atoms with van der Waals surface area (Å²) in [4.78, 5) is 2.43. The van der Waals surface area contributed by atoms with Gasteiger partial charge in [-0.25, -0.2) is 0 Å². The van der Waals surface area contributed by atoms with E-state index in [0.29, 0.717) is 0 Å². The van der Waals surface area contributed by atoms with E-state index in [1.54, 1.807) is 0 Å². The highest BCUT2D eigenvalue weighted by molar-refractivity contribution is 6.24. The van der Waals surface area contributed by atoms with E-state index in [1.165, 1.54) is 77.9 Å². The SMILES string of the molecule is CC1(C)c2ccccc2-c2ccc(-c3c4oc5ccc(N(c6ccc(-c7ccccc7)cc6)c6ccc7c(c6)C6(c8ccccc8-c8ccccc86)c6ccccc6-7)cc5c4cc4oc5ccccc5c34)cc21. The molecule has 0 radical (unpaired) electrons. The van der Waals surface area contributed by atoms with Crippen LogP contribution in [-0.4, -0.2) is 0 Å². The average molecular weight is 932 g/mol. The number of hydrogen-bond donors (Lipinski definition) is 0. The number of hydrogen-bond acceptors (Lipinski definition) is 3. The molecule has 0 aliphatic heterocycles. The van der Waals surface area contributed by atoms with Gasteiger partial charge in [-0.2, -0.15) is 0 Å². The maximum absolute atomic E-state index is 7.17. The number of furan rings is 2. The number of nitrogens with zero attached hydrogens (tertiary/aromatic N) is 1. The van der Waals surface area contributed by atoms with Crippen LogP contribution in [0.2, 0.25) is 0 Å². The fourth-order valence-electron chi connectivity index (χ4n) is 13.5. The quantitative estimate of drug-likeness (QED) is 0.172. The Bertz CT molecular complexity index is 4410. The van der Waals surface area contributed by atoms with Crippen LogP contribution in [0.5, 0.6) is 0 Å². The Balaban J connectivity index is 0.932. The van der Waals surface area contributed by atoms with E-state index in [9.17, 15) is 0 Å². The first-order valence-electron chi connectivity index (χ1n) is 25.4. The van der Waals surface area contributed by atoms with Crippen molar-refractivity contribution >= 4 is 60.9 Å². The standard InChI is InChI=1S/C70H45NO2/c1-69(2)57-23-11-6-18-48(57)52-35-30-44(38-61(52)69)66-67-54-22-10-15-27-63(54)72-65(67)41-56-55-39-46(34-37-64(55)73-68(56)66)71(45-31-28-43(29-32-45)42-16-4-3-5-17-42)47-33-36-53-51-21-9-14-26-60(51)70(62(53)40-47)58-24-12-7-19-49(58)50-20-8-13-25-59(50)70/h3-41H,1-2H3. The van der Waals surface area contributed by atoms with Crippen molar-refractivity contribution in [2.24, 2.45) is 0 Å². The fraction of sp³-hybridized carbons (Fsp3) is 0.0571. The molecule has 0 N–H and O–H groups in total. The van der Waals surface area contributed by atoms with Crippen molar-refractivity contribution in [3.63, 3.8) is 0 Å². The van der Waals surface area contributed by atoms with Crippen molar-refractivity contribution in [2.75, 3.05) is 4.90 Å². The van der Waals surface area contributed by atoms with Crippen LogP contribution < -0.4 is 4.90 Å². The van der Waals surface area contributed by atoms with E-state index < -0.39 is 5.41 Å². The van der Waals surface area contributed by atoms with Crippen LogP contribution in [0.25, 0.3) is 99.5 Å². The lowest BCUT2D eigenvalue weighted by atomic mass is 9.70. The van der Waals surface area contributed by atoms with Gasteiger partial charge in [-0.3, -0.25) is 0 Å². The molecular formula is C70H45NO2.